The summed E-state index contributed by atoms with van der Waals surface area (Å²) in [7, 11) is 0. The van der Waals surface area contributed by atoms with Crippen LogP contribution in [0.25, 0.3) is 10.9 Å². The van der Waals surface area contributed by atoms with Gasteiger partial charge in [-0.1, -0.05) is 32.0 Å². The monoisotopic (exact) mass is 243 g/mol. The van der Waals surface area contributed by atoms with Crippen molar-refractivity contribution in [1.82, 2.24) is 4.98 Å². The summed E-state index contributed by atoms with van der Waals surface area (Å²) in [6.07, 6.45) is 0. The van der Waals surface area contributed by atoms with E-state index >= 15 is 0 Å². The van der Waals surface area contributed by atoms with E-state index in [0.717, 1.165) is 28.8 Å². The van der Waals surface area contributed by atoms with E-state index in [1.165, 1.54) is 0 Å². The topological polar surface area (TPSA) is 50.9 Å². The van der Waals surface area contributed by atoms with E-state index < -0.39 is 0 Å². The van der Waals surface area contributed by atoms with Crippen molar-refractivity contribution in [1.29, 1.82) is 0 Å². The molecule has 0 unspecified atom stereocenters. The van der Waals surface area contributed by atoms with Crippen LogP contribution in [0.15, 0.2) is 30.3 Å². The summed E-state index contributed by atoms with van der Waals surface area (Å²) >= 11 is 0. The number of benzene rings is 1. The maximum atomic E-state index is 5.76. The van der Waals surface area contributed by atoms with Gasteiger partial charge in [0, 0.05) is 23.3 Å². The Morgan fingerprint density at radius 2 is 2.00 bits per heavy atom. The molecular weight excluding hydrogens is 222 g/mol. The molecule has 3 heteroatoms. The molecule has 0 radical (unpaired) electrons. The molecule has 0 amide bonds. The van der Waals surface area contributed by atoms with Gasteiger partial charge in [0.25, 0.3) is 0 Å². The van der Waals surface area contributed by atoms with Crippen LogP contribution in [0.5, 0.6) is 0 Å². The van der Waals surface area contributed by atoms with E-state index in [4.69, 9.17) is 5.73 Å². The van der Waals surface area contributed by atoms with Gasteiger partial charge in [-0.15, -0.1) is 0 Å². The molecule has 0 aliphatic rings. The number of hydrogen-bond donors (Lipinski definition) is 2. The largest absolute Gasteiger partial charge is 0.384 e. The van der Waals surface area contributed by atoms with Crippen LogP contribution in [0, 0.1) is 12.3 Å². The van der Waals surface area contributed by atoms with Gasteiger partial charge in [-0.05, 0) is 31.0 Å². The Hall–Kier alpha value is -1.61. The summed E-state index contributed by atoms with van der Waals surface area (Å²) < 4.78 is 0. The van der Waals surface area contributed by atoms with Crippen molar-refractivity contribution in [3.05, 3.63) is 36.0 Å². The van der Waals surface area contributed by atoms with Gasteiger partial charge in [-0.2, -0.15) is 0 Å². The minimum atomic E-state index is 0.0955. The minimum absolute atomic E-state index is 0.0955. The van der Waals surface area contributed by atoms with Crippen LogP contribution in [0.3, 0.4) is 0 Å². The summed E-state index contributed by atoms with van der Waals surface area (Å²) in [4.78, 5) is 4.54. The highest BCUT2D eigenvalue weighted by atomic mass is 14.9. The first kappa shape index (κ1) is 12.8. The number of aryl methyl sites for hydroxylation is 1. The maximum absolute atomic E-state index is 5.76. The molecule has 2 rings (SSSR count). The van der Waals surface area contributed by atoms with E-state index in [-0.39, 0.29) is 5.41 Å². The van der Waals surface area contributed by atoms with Gasteiger partial charge in [0.2, 0.25) is 0 Å². The standard InChI is InChI=1S/C15H21N3/c1-11-8-14(17-10-15(2,3)9-16)12-6-4-5-7-13(12)18-11/h4-8H,9-10,16H2,1-3H3,(H,17,18). The lowest BCUT2D eigenvalue weighted by molar-refractivity contribution is 0.406. The molecule has 2 aromatic rings. The molecule has 0 aliphatic carbocycles. The number of rotatable bonds is 4. The Labute approximate surface area is 108 Å². The first-order valence-corrected chi connectivity index (χ1v) is 6.32. The molecule has 0 saturated heterocycles. The van der Waals surface area contributed by atoms with E-state index in [0.29, 0.717) is 6.54 Å². The Morgan fingerprint density at radius 3 is 2.72 bits per heavy atom. The SMILES string of the molecule is Cc1cc(NCC(C)(C)CN)c2ccccc2n1. The Morgan fingerprint density at radius 1 is 1.28 bits per heavy atom. The van der Waals surface area contributed by atoms with E-state index in [2.05, 4.69) is 36.3 Å². The molecule has 1 aromatic heterocycles. The van der Waals surface area contributed by atoms with Crippen molar-refractivity contribution in [2.24, 2.45) is 11.1 Å². The van der Waals surface area contributed by atoms with Gasteiger partial charge in [0.05, 0.1) is 5.52 Å². The number of aromatic nitrogens is 1. The van der Waals surface area contributed by atoms with Crippen molar-refractivity contribution >= 4 is 16.6 Å². The Balaban J connectivity index is 2.33. The minimum Gasteiger partial charge on any atom is -0.384 e. The number of hydrogen-bond acceptors (Lipinski definition) is 3. The predicted octanol–water partition coefficient (Wildman–Crippen LogP) is 2.94. The second kappa shape index (κ2) is 4.94. The number of nitrogens with two attached hydrogens (primary N) is 1. The molecular formula is C15H21N3. The first-order valence-electron chi connectivity index (χ1n) is 6.32. The molecule has 18 heavy (non-hydrogen) atoms. The normalized spacial score (nSPS) is 11.8. The summed E-state index contributed by atoms with van der Waals surface area (Å²) in [6.45, 7) is 7.87. The smallest absolute Gasteiger partial charge is 0.0725 e. The fraction of sp³-hybridized carbons (Fsp3) is 0.400. The molecule has 0 bridgehead atoms. The zero-order valence-corrected chi connectivity index (χ0v) is 11.3. The van der Waals surface area contributed by atoms with Crippen LogP contribution in [0.2, 0.25) is 0 Å². The Bertz CT molecular complexity index is 546. The van der Waals surface area contributed by atoms with Crippen LogP contribution in [0.4, 0.5) is 5.69 Å². The lowest BCUT2D eigenvalue weighted by Crippen LogP contribution is -2.31. The van der Waals surface area contributed by atoms with Crippen molar-refractivity contribution < 1.29 is 0 Å². The molecule has 0 fully saturated rings. The van der Waals surface area contributed by atoms with Gasteiger partial charge in [-0.3, -0.25) is 4.98 Å². The van der Waals surface area contributed by atoms with Gasteiger partial charge in [-0.25, -0.2) is 0 Å². The van der Waals surface area contributed by atoms with E-state index in [1.807, 2.05) is 25.1 Å². The van der Waals surface area contributed by atoms with Crippen molar-refractivity contribution in [3.63, 3.8) is 0 Å². The number of nitrogens with one attached hydrogen (secondary N) is 1. The molecule has 3 N–H and O–H groups in total. The third-order valence-corrected chi connectivity index (χ3v) is 3.15. The van der Waals surface area contributed by atoms with Crippen LogP contribution >= 0.6 is 0 Å². The van der Waals surface area contributed by atoms with E-state index in [9.17, 15) is 0 Å². The average Bonchev–Trinajstić information content (AvgIpc) is 2.36. The molecule has 0 atom stereocenters. The van der Waals surface area contributed by atoms with Crippen LogP contribution in [-0.4, -0.2) is 18.1 Å². The van der Waals surface area contributed by atoms with Gasteiger partial charge in [0.1, 0.15) is 0 Å². The summed E-state index contributed by atoms with van der Waals surface area (Å²) in [5.41, 5.74) is 9.06. The third-order valence-electron chi connectivity index (χ3n) is 3.15. The molecule has 1 aromatic carbocycles. The molecule has 0 saturated carbocycles. The van der Waals surface area contributed by atoms with Crippen LogP contribution < -0.4 is 11.1 Å². The highest BCUT2D eigenvalue weighted by molar-refractivity contribution is 5.91. The summed E-state index contributed by atoms with van der Waals surface area (Å²) in [5.74, 6) is 0. The fourth-order valence-corrected chi connectivity index (χ4v) is 1.86. The molecule has 96 valence electrons. The lowest BCUT2D eigenvalue weighted by atomic mass is 9.94. The molecule has 1 heterocycles. The second-order valence-corrected chi connectivity index (χ2v) is 5.55. The molecule has 3 nitrogen and oxygen atoms in total. The molecule has 0 aliphatic heterocycles. The van der Waals surface area contributed by atoms with Gasteiger partial charge < -0.3 is 11.1 Å². The highest BCUT2D eigenvalue weighted by Gasteiger charge is 2.15. The number of para-hydroxylation sites is 1. The van der Waals surface area contributed by atoms with Gasteiger partial charge >= 0.3 is 0 Å². The quantitative estimate of drug-likeness (QED) is 0.868. The van der Waals surface area contributed by atoms with Crippen LogP contribution in [-0.2, 0) is 0 Å². The third kappa shape index (κ3) is 2.79. The zero-order valence-electron chi connectivity index (χ0n) is 11.3. The van der Waals surface area contributed by atoms with Crippen LogP contribution in [0.1, 0.15) is 19.5 Å². The van der Waals surface area contributed by atoms with Gasteiger partial charge in [0.15, 0.2) is 0 Å². The highest BCUT2D eigenvalue weighted by Crippen LogP contribution is 2.24. The summed E-state index contributed by atoms with van der Waals surface area (Å²) in [5, 5.41) is 4.66. The van der Waals surface area contributed by atoms with Crippen molar-refractivity contribution in [2.75, 3.05) is 18.4 Å². The van der Waals surface area contributed by atoms with Crippen molar-refractivity contribution in [3.8, 4) is 0 Å². The van der Waals surface area contributed by atoms with Crippen molar-refractivity contribution in [2.45, 2.75) is 20.8 Å². The Kier molecular flexibility index (Phi) is 3.53. The molecule has 0 spiro atoms. The number of pyridine rings is 1. The number of fused-ring (bicyclic) bond motifs is 1. The zero-order chi connectivity index (χ0) is 13.2. The fourth-order valence-electron chi connectivity index (χ4n) is 1.86. The lowest BCUT2D eigenvalue weighted by Gasteiger charge is -2.24. The second-order valence-electron chi connectivity index (χ2n) is 5.55. The number of nitrogens with zero attached hydrogens (tertiary/aromatic N) is 1. The summed E-state index contributed by atoms with van der Waals surface area (Å²) in [6, 6.07) is 10.3. The average molecular weight is 243 g/mol. The van der Waals surface area contributed by atoms with E-state index in [1.54, 1.807) is 0 Å². The predicted molar refractivity (Wildman–Crippen MR) is 77.8 cm³/mol. The first-order chi connectivity index (χ1) is 8.52. The number of anilines is 1. The maximum Gasteiger partial charge on any atom is 0.0725 e.